The maximum atomic E-state index is 12.1. The van der Waals surface area contributed by atoms with Gasteiger partial charge in [-0.25, -0.2) is 4.68 Å². The van der Waals surface area contributed by atoms with Gasteiger partial charge in [0.1, 0.15) is 0 Å². The van der Waals surface area contributed by atoms with E-state index in [0.29, 0.717) is 16.7 Å². The lowest BCUT2D eigenvalue weighted by atomic mass is 9.89. The molecule has 0 aliphatic heterocycles. The minimum atomic E-state index is -2.62. The maximum Gasteiger partial charge on any atom is 0.333 e. The fourth-order valence-electron chi connectivity index (χ4n) is 1.13. The van der Waals surface area contributed by atoms with Gasteiger partial charge in [0.25, 0.3) is 0 Å². The number of nitriles is 1. The van der Waals surface area contributed by atoms with Crippen molar-refractivity contribution in [2.45, 2.75) is 26.8 Å². The molecule has 0 saturated carbocycles. The summed E-state index contributed by atoms with van der Waals surface area (Å²) in [6, 6.07) is 2.10. The maximum absolute atomic E-state index is 12.1. The van der Waals surface area contributed by atoms with Gasteiger partial charge in [-0.1, -0.05) is 0 Å². The van der Waals surface area contributed by atoms with Crippen molar-refractivity contribution in [3.05, 3.63) is 18.0 Å². The van der Waals surface area contributed by atoms with Crippen molar-refractivity contribution in [3.63, 3.8) is 0 Å². The van der Waals surface area contributed by atoms with Gasteiger partial charge in [0, 0.05) is 6.20 Å². The number of hydrogen-bond acceptors (Lipinski definition) is 2. The molecule has 0 fully saturated rings. The predicted molar refractivity (Wildman–Crippen MR) is 46.6 cm³/mol. The van der Waals surface area contributed by atoms with Gasteiger partial charge < -0.3 is 0 Å². The third kappa shape index (κ3) is 2.52. The van der Waals surface area contributed by atoms with Crippen LogP contribution in [0.3, 0.4) is 0 Å². The smallest absolute Gasteiger partial charge is 0.211 e. The number of hydrogen-bond donors (Lipinski definition) is 0. The highest BCUT2D eigenvalue weighted by molar-refractivity contribution is 5.10. The summed E-state index contributed by atoms with van der Waals surface area (Å²) >= 11 is 0. The van der Waals surface area contributed by atoms with Gasteiger partial charge in [-0.3, -0.25) is 0 Å². The zero-order chi connectivity index (χ0) is 10.8. The van der Waals surface area contributed by atoms with Crippen molar-refractivity contribution in [2.75, 3.05) is 0 Å². The highest BCUT2D eigenvalue weighted by Gasteiger charge is 2.19. The van der Waals surface area contributed by atoms with Gasteiger partial charge in [-0.2, -0.15) is 19.1 Å². The lowest BCUT2D eigenvalue weighted by molar-refractivity contribution is 0.0565. The quantitative estimate of drug-likeness (QED) is 0.749. The molecule has 0 radical (unpaired) electrons. The third-order valence-electron chi connectivity index (χ3n) is 1.80. The highest BCUT2D eigenvalue weighted by Crippen LogP contribution is 2.21. The van der Waals surface area contributed by atoms with Crippen LogP contribution in [-0.2, 0) is 6.42 Å². The Bertz CT molecular complexity index is 349. The molecule has 0 amide bonds. The van der Waals surface area contributed by atoms with E-state index in [0.717, 1.165) is 0 Å². The molecule has 0 saturated heterocycles. The Kier molecular flexibility index (Phi) is 2.84. The summed E-state index contributed by atoms with van der Waals surface area (Å²) in [4.78, 5) is 0. The van der Waals surface area contributed by atoms with Crippen molar-refractivity contribution in [1.29, 1.82) is 5.26 Å². The van der Waals surface area contributed by atoms with Gasteiger partial charge in [-0.05, 0) is 25.8 Å². The fourth-order valence-corrected chi connectivity index (χ4v) is 1.13. The largest absolute Gasteiger partial charge is 0.333 e. The van der Waals surface area contributed by atoms with Gasteiger partial charge >= 0.3 is 6.55 Å². The molecule has 14 heavy (non-hydrogen) atoms. The zero-order valence-electron chi connectivity index (χ0n) is 8.04. The monoisotopic (exact) mass is 199 g/mol. The van der Waals surface area contributed by atoms with Gasteiger partial charge in [-0.15, -0.1) is 0 Å². The Morgan fingerprint density at radius 2 is 2.29 bits per heavy atom. The molecule has 1 heterocycles. The second kappa shape index (κ2) is 3.74. The van der Waals surface area contributed by atoms with E-state index in [1.807, 2.05) is 0 Å². The molecule has 1 rings (SSSR count). The SMILES string of the molecule is CC(C)(C#N)Cc1cnn(C(F)F)c1. The first kappa shape index (κ1) is 10.6. The first-order chi connectivity index (χ1) is 6.44. The van der Waals surface area contributed by atoms with Crippen LogP contribution in [0.4, 0.5) is 8.78 Å². The predicted octanol–water partition coefficient (Wildman–Crippen LogP) is 2.37. The molecule has 0 unspecified atom stereocenters. The van der Waals surface area contributed by atoms with Crippen molar-refractivity contribution < 1.29 is 8.78 Å². The van der Waals surface area contributed by atoms with Gasteiger partial charge in [0.2, 0.25) is 0 Å². The van der Waals surface area contributed by atoms with E-state index in [4.69, 9.17) is 5.26 Å². The summed E-state index contributed by atoms with van der Waals surface area (Å²) < 4.78 is 24.8. The van der Waals surface area contributed by atoms with E-state index in [2.05, 4.69) is 11.2 Å². The summed E-state index contributed by atoms with van der Waals surface area (Å²) in [6.07, 6.45) is 3.06. The van der Waals surface area contributed by atoms with Crippen LogP contribution < -0.4 is 0 Å². The van der Waals surface area contributed by atoms with E-state index < -0.39 is 12.0 Å². The highest BCUT2D eigenvalue weighted by atomic mass is 19.3. The van der Waals surface area contributed by atoms with Crippen LogP contribution in [0.5, 0.6) is 0 Å². The summed E-state index contributed by atoms with van der Waals surface area (Å²) in [5, 5.41) is 12.2. The Balaban J connectivity index is 2.75. The molecule has 0 aromatic carbocycles. The normalized spacial score (nSPS) is 11.7. The van der Waals surface area contributed by atoms with Crippen LogP contribution in [0.2, 0.25) is 0 Å². The third-order valence-corrected chi connectivity index (χ3v) is 1.80. The number of alkyl halides is 2. The second-order valence-electron chi connectivity index (χ2n) is 3.78. The number of nitrogens with zero attached hydrogens (tertiary/aromatic N) is 3. The summed E-state index contributed by atoms with van der Waals surface area (Å²) in [7, 11) is 0. The van der Waals surface area contributed by atoms with Crippen LogP contribution in [0, 0.1) is 16.7 Å². The minimum absolute atomic E-state index is 0.427. The lowest BCUT2D eigenvalue weighted by Crippen LogP contribution is -2.11. The van der Waals surface area contributed by atoms with E-state index in [1.165, 1.54) is 12.4 Å². The lowest BCUT2D eigenvalue weighted by Gasteiger charge is -2.12. The first-order valence-electron chi connectivity index (χ1n) is 4.17. The molecule has 0 spiro atoms. The van der Waals surface area contributed by atoms with Crippen molar-refractivity contribution in [2.24, 2.45) is 5.41 Å². The molecule has 0 bridgehead atoms. The van der Waals surface area contributed by atoms with Crippen LogP contribution in [0.15, 0.2) is 12.4 Å². The molecule has 0 aliphatic rings. The summed E-state index contributed by atoms with van der Waals surface area (Å²) in [6.45, 7) is 0.897. The number of rotatable bonds is 3. The number of aromatic nitrogens is 2. The molecular weight excluding hydrogens is 188 g/mol. The molecular formula is C9H11F2N3. The van der Waals surface area contributed by atoms with Gasteiger partial charge in [0.05, 0.1) is 17.7 Å². The Morgan fingerprint density at radius 3 is 2.71 bits per heavy atom. The Hall–Kier alpha value is -1.44. The van der Waals surface area contributed by atoms with E-state index in [9.17, 15) is 8.78 Å². The van der Waals surface area contributed by atoms with Gasteiger partial charge in [0.15, 0.2) is 0 Å². The van der Waals surface area contributed by atoms with E-state index in [-0.39, 0.29) is 0 Å². The second-order valence-corrected chi connectivity index (χ2v) is 3.78. The average molecular weight is 199 g/mol. The van der Waals surface area contributed by atoms with E-state index >= 15 is 0 Å². The molecule has 1 aromatic heterocycles. The van der Waals surface area contributed by atoms with Crippen LogP contribution in [0.1, 0.15) is 26.0 Å². The van der Waals surface area contributed by atoms with E-state index in [1.54, 1.807) is 13.8 Å². The average Bonchev–Trinajstić information content (AvgIpc) is 2.52. The summed E-state index contributed by atoms with van der Waals surface area (Å²) in [5.41, 5.74) is 0.104. The summed E-state index contributed by atoms with van der Waals surface area (Å²) in [5.74, 6) is 0. The molecule has 1 aromatic rings. The molecule has 5 heteroatoms. The standard InChI is InChI=1S/C9H11F2N3/c1-9(2,6-12)3-7-4-13-14(5-7)8(10)11/h4-5,8H,3H2,1-2H3. The molecule has 3 nitrogen and oxygen atoms in total. The minimum Gasteiger partial charge on any atom is -0.211 e. The fraction of sp³-hybridized carbons (Fsp3) is 0.556. The molecule has 0 N–H and O–H groups in total. The van der Waals surface area contributed by atoms with Crippen LogP contribution >= 0.6 is 0 Å². The van der Waals surface area contributed by atoms with Crippen molar-refractivity contribution in [3.8, 4) is 6.07 Å². The Labute approximate surface area is 81.0 Å². The zero-order valence-corrected chi connectivity index (χ0v) is 8.04. The first-order valence-corrected chi connectivity index (χ1v) is 4.17. The van der Waals surface area contributed by atoms with Crippen molar-refractivity contribution >= 4 is 0 Å². The Morgan fingerprint density at radius 1 is 1.64 bits per heavy atom. The molecule has 0 aliphatic carbocycles. The van der Waals surface area contributed by atoms with Crippen LogP contribution in [-0.4, -0.2) is 9.78 Å². The molecule has 76 valence electrons. The van der Waals surface area contributed by atoms with Crippen molar-refractivity contribution in [1.82, 2.24) is 9.78 Å². The molecule has 0 atom stereocenters. The van der Waals surface area contributed by atoms with Crippen LogP contribution in [0.25, 0.3) is 0 Å². The number of halogens is 2. The topological polar surface area (TPSA) is 41.6 Å².